The van der Waals surface area contributed by atoms with E-state index in [4.69, 9.17) is 0 Å². The first-order valence-electron chi connectivity index (χ1n) is 8.47. The zero-order chi connectivity index (χ0) is 17.6. The third-order valence-corrected chi connectivity index (χ3v) is 4.02. The van der Waals surface area contributed by atoms with Crippen LogP contribution in [0, 0.1) is 0 Å². The molecule has 0 unspecified atom stereocenters. The average Bonchev–Trinajstić information content (AvgIpc) is 2.74. The van der Waals surface area contributed by atoms with E-state index in [1.165, 1.54) is 0 Å². The van der Waals surface area contributed by atoms with Crippen molar-refractivity contribution in [3.05, 3.63) is 103 Å². The summed E-state index contributed by atoms with van der Waals surface area (Å²) in [5, 5.41) is 0. The highest BCUT2D eigenvalue weighted by Gasteiger charge is 2.03. The Morgan fingerprint density at radius 2 is 1.42 bits per heavy atom. The number of hydrogen-bond acceptors (Lipinski definition) is 3. The molecule has 0 radical (unpaired) electrons. The van der Waals surface area contributed by atoms with Crippen LogP contribution in [0.25, 0.3) is 22.5 Å². The van der Waals surface area contributed by atoms with E-state index in [1.54, 1.807) is 12.4 Å². The van der Waals surface area contributed by atoms with E-state index in [9.17, 15) is 0 Å². The molecular weight excluding hydrogens is 318 g/mol. The summed E-state index contributed by atoms with van der Waals surface area (Å²) in [6.07, 6.45) is 3.57. The van der Waals surface area contributed by atoms with E-state index < -0.39 is 0 Å². The summed E-state index contributed by atoms with van der Waals surface area (Å²) in [7, 11) is 0. The molecule has 2 heterocycles. The van der Waals surface area contributed by atoms with E-state index in [-0.39, 0.29) is 0 Å². The lowest BCUT2D eigenvalue weighted by Gasteiger charge is -2.05. The zero-order valence-corrected chi connectivity index (χ0v) is 14.2. The molecule has 3 heteroatoms. The topological polar surface area (TPSA) is 38.1 Å². The fourth-order valence-electron chi connectivity index (χ4n) is 2.76. The van der Waals surface area contributed by atoms with Crippen LogP contribution in [0.1, 0.15) is 5.69 Å². The second-order valence-electron chi connectivity index (χ2n) is 5.80. The number of benzene rings is 2. The number of rotatable bonds is 4. The average molecular weight is 335 g/mol. The minimum atomic E-state index is 0.802. The summed E-state index contributed by atoms with van der Waals surface area (Å²) in [5.41, 5.74) is 5.67. The lowest BCUT2D eigenvalue weighted by atomic mass is 10.0. The summed E-state index contributed by atoms with van der Waals surface area (Å²) >= 11 is 0. The molecule has 4 rings (SSSR count). The maximum atomic E-state index is 4.68. The quantitative estimate of drug-likeness (QED) is 0.458. The highest BCUT2D eigenvalue weighted by Crippen LogP contribution is 2.29. The van der Waals surface area contributed by atoms with Crippen molar-refractivity contribution < 1.29 is 0 Å². The lowest BCUT2D eigenvalue weighted by molar-refractivity contribution is 1.24. The third kappa shape index (κ3) is 3.57. The van der Waals surface area contributed by atoms with Gasteiger partial charge >= 0.3 is 0 Å². The van der Waals surface area contributed by atoms with Crippen LogP contribution in [-0.2, 0) is 0 Å². The highest BCUT2D eigenvalue weighted by molar-refractivity contribution is 5.84. The number of aliphatic imine (C=N–C) groups is 1. The van der Waals surface area contributed by atoms with Crippen molar-refractivity contribution >= 4 is 11.9 Å². The van der Waals surface area contributed by atoms with Gasteiger partial charge in [0.05, 0.1) is 29.0 Å². The molecule has 0 saturated carbocycles. The van der Waals surface area contributed by atoms with Gasteiger partial charge in [-0.15, -0.1) is 0 Å². The number of para-hydroxylation sites is 1. The summed E-state index contributed by atoms with van der Waals surface area (Å²) in [6.45, 7) is 0. The van der Waals surface area contributed by atoms with Crippen LogP contribution in [0.5, 0.6) is 0 Å². The van der Waals surface area contributed by atoms with Gasteiger partial charge in [0, 0.05) is 11.8 Å². The van der Waals surface area contributed by atoms with Crippen molar-refractivity contribution in [2.24, 2.45) is 4.99 Å². The molecule has 2 aromatic carbocycles. The van der Waals surface area contributed by atoms with Crippen LogP contribution in [0.2, 0.25) is 0 Å². The first-order chi connectivity index (χ1) is 12.9. The molecule has 0 spiro atoms. The predicted octanol–water partition coefficient (Wildman–Crippen LogP) is 5.56. The third-order valence-electron chi connectivity index (χ3n) is 4.02. The van der Waals surface area contributed by atoms with Crippen LogP contribution in [0.4, 0.5) is 5.69 Å². The van der Waals surface area contributed by atoms with Gasteiger partial charge in [-0.2, -0.15) is 0 Å². The molecule has 0 atom stereocenters. The van der Waals surface area contributed by atoms with E-state index in [0.717, 1.165) is 33.9 Å². The van der Waals surface area contributed by atoms with E-state index in [1.807, 2.05) is 72.8 Å². The van der Waals surface area contributed by atoms with E-state index in [2.05, 4.69) is 33.2 Å². The molecule has 0 N–H and O–H groups in total. The Balaban J connectivity index is 1.66. The van der Waals surface area contributed by atoms with Gasteiger partial charge in [-0.3, -0.25) is 9.98 Å². The Labute approximate surface area is 152 Å². The zero-order valence-electron chi connectivity index (χ0n) is 14.2. The smallest absolute Gasteiger partial charge is 0.0894 e. The van der Waals surface area contributed by atoms with Crippen molar-refractivity contribution in [3.8, 4) is 22.5 Å². The van der Waals surface area contributed by atoms with Gasteiger partial charge < -0.3 is 0 Å². The monoisotopic (exact) mass is 335 g/mol. The molecule has 0 fully saturated rings. The number of nitrogens with zero attached hydrogens (tertiary/aromatic N) is 3. The van der Waals surface area contributed by atoms with Crippen LogP contribution in [-0.4, -0.2) is 16.2 Å². The molecule has 0 aliphatic heterocycles. The van der Waals surface area contributed by atoms with Crippen molar-refractivity contribution in [2.75, 3.05) is 0 Å². The molecule has 26 heavy (non-hydrogen) atoms. The number of hydrogen-bond donors (Lipinski definition) is 0. The maximum absolute atomic E-state index is 4.68. The minimum Gasteiger partial charge on any atom is -0.255 e. The first-order valence-corrected chi connectivity index (χ1v) is 8.47. The summed E-state index contributed by atoms with van der Waals surface area (Å²) < 4.78 is 0. The molecule has 0 saturated heterocycles. The number of pyridine rings is 2. The SMILES string of the molecule is C(=Nc1ccccc1-c1ccccc1)c1cccc(-c2ccccn2)n1. The molecule has 0 aliphatic rings. The standard InChI is InChI=1S/C23H17N3/c1-2-9-18(10-3-1)20-12-4-5-13-21(20)25-17-19-11-8-15-23(26-19)22-14-6-7-16-24-22/h1-17H. The van der Waals surface area contributed by atoms with E-state index in [0.29, 0.717) is 0 Å². The van der Waals surface area contributed by atoms with Crippen LogP contribution < -0.4 is 0 Å². The Kier molecular flexibility index (Phi) is 4.61. The first kappa shape index (κ1) is 15.9. The largest absolute Gasteiger partial charge is 0.255 e. The fraction of sp³-hybridized carbons (Fsp3) is 0. The van der Waals surface area contributed by atoms with Crippen LogP contribution in [0.15, 0.2) is 102 Å². The summed E-state index contributed by atoms with van der Waals surface area (Å²) in [5.74, 6) is 0. The summed E-state index contributed by atoms with van der Waals surface area (Å²) in [4.78, 5) is 13.7. The van der Waals surface area contributed by atoms with Crippen molar-refractivity contribution in [3.63, 3.8) is 0 Å². The van der Waals surface area contributed by atoms with Gasteiger partial charge in [-0.1, -0.05) is 60.7 Å². The van der Waals surface area contributed by atoms with Gasteiger partial charge in [0.25, 0.3) is 0 Å². The van der Waals surface area contributed by atoms with Crippen LogP contribution >= 0.6 is 0 Å². The van der Waals surface area contributed by atoms with Crippen molar-refractivity contribution in [1.29, 1.82) is 0 Å². The van der Waals surface area contributed by atoms with Gasteiger partial charge in [-0.25, -0.2) is 4.98 Å². The van der Waals surface area contributed by atoms with E-state index >= 15 is 0 Å². The van der Waals surface area contributed by atoms with Crippen molar-refractivity contribution in [1.82, 2.24) is 9.97 Å². The molecule has 0 amide bonds. The van der Waals surface area contributed by atoms with Gasteiger partial charge in [-0.05, 0) is 35.9 Å². The molecule has 0 aliphatic carbocycles. The molecule has 3 nitrogen and oxygen atoms in total. The van der Waals surface area contributed by atoms with Gasteiger partial charge in [0.15, 0.2) is 0 Å². The Hall–Kier alpha value is -3.59. The second-order valence-corrected chi connectivity index (χ2v) is 5.80. The second kappa shape index (κ2) is 7.53. The van der Waals surface area contributed by atoms with Gasteiger partial charge in [0.2, 0.25) is 0 Å². The normalized spacial score (nSPS) is 10.9. The maximum Gasteiger partial charge on any atom is 0.0894 e. The fourth-order valence-corrected chi connectivity index (χ4v) is 2.76. The predicted molar refractivity (Wildman–Crippen MR) is 107 cm³/mol. The molecule has 0 bridgehead atoms. The molecular formula is C23H17N3. The Morgan fingerprint density at radius 3 is 2.27 bits per heavy atom. The molecule has 124 valence electrons. The highest BCUT2D eigenvalue weighted by atomic mass is 14.8. The lowest BCUT2D eigenvalue weighted by Crippen LogP contribution is -1.92. The summed E-state index contributed by atoms with van der Waals surface area (Å²) in [6, 6.07) is 30.1. The van der Waals surface area contributed by atoms with Gasteiger partial charge in [0.1, 0.15) is 0 Å². The Morgan fingerprint density at radius 1 is 0.654 bits per heavy atom. The Bertz CT molecular complexity index is 1030. The van der Waals surface area contributed by atoms with Crippen LogP contribution in [0.3, 0.4) is 0 Å². The number of aromatic nitrogens is 2. The van der Waals surface area contributed by atoms with Crippen molar-refractivity contribution in [2.45, 2.75) is 0 Å². The minimum absolute atomic E-state index is 0.802. The molecule has 4 aromatic rings. The molecule has 2 aromatic heterocycles.